The lowest BCUT2D eigenvalue weighted by Gasteiger charge is -2.32. The molecule has 3 unspecified atom stereocenters. The van der Waals surface area contributed by atoms with Crippen molar-refractivity contribution in [1.29, 1.82) is 0 Å². The van der Waals surface area contributed by atoms with Crippen LogP contribution in [0.2, 0.25) is 0 Å². The largest absolute Gasteiger partial charge is 0.353 e. The third kappa shape index (κ3) is 3.93. The third-order valence-corrected chi connectivity index (χ3v) is 4.78. The molecule has 0 radical (unpaired) electrons. The van der Waals surface area contributed by atoms with Crippen molar-refractivity contribution in [2.24, 2.45) is 0 Å². The highest BCUT2D eigenvalue weighted by atomic mass is 16.2. The van der Waals surface area contributed by atoms with Crippen LogP contribution in [0.4, 0.5) is 0 Å². The van der Waals surface area contributed by atoms with Crippen LogP contribution in [0.1, 0.15) is 33.6 Å². The van der Waals surface area contributed by atoms with E-state index in [9.17, 15) is 4.79 Å². The molecule has 0 spiro atoms. The topological polar surface area (TPSA) is 47.6 Å². The number of amides is 1. The van der Waals surface area contributed by atoms with E-state index in [2.05, 4.69) is 34.3 Å². The highest BCUT2D eigenvalue weighted by Crippen LogP contribution is 2.25. The highest BCUT2D eigenvalue weighted by molar-refractivity contribution is 5.81. The average Bonchev–Trinajstić information content (AvgIpc) is 2.78. The molecule has 0 saturated carbocycles. The zero-order valence-electron chi connectivity index (χ0n) is 13.2. The summed E-state index contributed by atoms with van der Waals surface area (Å²) < 4.78 is 0. The lowest BCUT2D eigenvalue weighted by atomic mass is 10.2. The first-order valence-electron chi connectivity index (χ1n) is 8.08. The van der Waals surface area contributed by atoms with Gasteiger partial charge in [-0.25, -0.2) is 0 Å². The van der Waals surface area contributed by atoms with Gasteiger partial charge in [0.05, 0.1) is 6.04 Å². The number of carbonyl (C=O) groups is 1. The molecule has 5 nitrogen and oxygen atoms in total. The summed E-state index contributed by atoms with van der Waals surface area (Å²) in [6, 6.07) is 1.04. The van der Waals surface area contributed by atoms with Gasteiger partial charge in [-0.3, -0.25) is 14.6 Å². The maximum absolute atomic E-state index is 12.3. The van der Waals surface area contributed by atoms with E-state index < -0.39 is 0 Å². The summed E-state index contributed by atoms with van der Waals surface area (Å²) in [7, 11) is 0. The van der Waals surface area contributed by atoms with Crippen LogP contribution >= 0.6 is 0 Å². The summed E-state index contributed by atoms with van der Waals surface area (Å²) in [5.74, 6) is 0.181. The Balaban J connectivity index is 1.70. The molecule has 20 heavy (non-hydrogen) atoms. The molecule has 2 N–H and O–H groups in total. The van der Waals surface area contributed by atoms with E-state index in [0.29, 0.717) is 12.1 Å². The number of nitrogens with zero attached hydrogens (tertiary/aromatic N) is 2. The Kier molecular flexibility index (Phi) is 5.81. The van der Waals surface area contributed by atoms with Gasteiger partial charge in [0.1, 0.15) is 0 Å². The fraction of sp³-hybridized carbons (Fsp3) is 0.933. The predicted molar refractivity (Wildman–Crippen MR) is 81.8 cm³/mol. The van der Waals surface area contributed by atoms with Gasteiger partial charge in [0, 0.05) is 51.4 Å². The standard InChI is InChI=1S/C15H30N4O/c1-12-4-5-13(2)19(12)14(3)15(20)17-8-11-18-9-6-16-7-10-18/h12-14,16H,4-11H2,1-3H3,(H,17,20). The summed E-state index contributed by atoms with van der Waals surface area (Å²) >= 11 is 0. The number of nitrogens with one attached hydrogen (secondary N) is 2. The molecule has 3 atom stereocenters. The zero-order chi connectivity index (χ0) is 14.5. The number of carbonyl (C=O) groups excluding carboxylic acids is 1. The first kappa shape index (κ1) is 15.7. The van der Waals surface area contributed by atoms with Gasteiger partial charge >= 0.3 is 0 Å². The molecule has 0 bridgehead atoms. The van der Waals surface area contributed by atoms with Crippen LogP contribution in [-0.4, -0.2) is 73.1 Å². The molecule has 2 aliphatic heterocycles. The van der Waals surface area contributed by atoms with Crippen molar-refractivity contribution in [3.8, 4) is 0 Å². The molecule has 5 heteroatoms. The Morgan fingerprint density at radius 1 is 1.25 bits per heavy atom. The fourth-order valence-corrected chi connectivity index (χ4v) is 3.53. The van der Waals surface area contributed by atoms with Gasteiger partial charge in [-0.15, -0.1) is 0 Å². The highest BCUT2D eigenvalue weighted by Gasteiger charge is 2.34. The molecular weight excluding hydrogens is 252 g/mol. The normalized spacial score (nSPS) is 30.4. The zero-order valence-corrected chi connectivity index (χ0v) is 13.2. The van der Waals surface area contributed by atoms with E-state index in [-0.39, 0.29) is 11.9 Å². The number of hydrogen-bond acceptors (Lipinski definition) is 4. The summed E-state index contributed by atoms with van der Waals surface area (Å²) in [6.07, 6.45) is 2.42. The summed E-state index contributed by atoms with van der Waals surface area (Å²) in [5, 5.41) is 6.45. The molecule has 2 rings (SSSR count). The minimum Gasteiger partial charge on any atom is -0.353 e. The lowest BCUT2D eigenvalue weighted by Crippen LogP contribution is -2.51. The van der Waals surface area contributed by atoms with E-state index in [1.54, 1.807) is 0 Å². The third-order valence-electron chi connectivity index (χ3n) is 4.78. The van der Waals surface area contributed by atoms with Gasteiger partial charge in [0.2, 0.25) is 5.91 Å². The van der Waals surface area contributed by atoms with Crippen LogP contribution in [0.25, 0.3) is 0 Å². The molecule has 0 aliphatic carbocycles. The van der Waals surface area contributed by atoms with Crippen LogP contribution in [0, 0.1) is 0 Å². The Hall–Kier alpha value is -0.650. The molecule has 0 aromatic rings. The van der Waals surface area contributed by atoms with Gasteiger partial charge in [0.25, 0.3) is 0 Å². The van der Waals surface area contributed by atoms with E-state index >= 15 is 0 Å². The van der Waals surface area contributed by atoms with Gasteiger partial charge in [-0.05, 0) is 33.6 Å². The second-order valence-electron chi connectivity index (χ2n) is 6.28. The summed E-state index contributed by atoms with van der Waals surface area (Å²) in [6.45, 7) is 12.5. The molecule has 1 amide bonds. The molecule has 2 aliphatic rings. The molecule has 0 aromatic heterocycles. The van der Waals surface area contributed by atoms with Crippen LogP contribution in [0.3, 0.4) is 0 Å². The Morgan fingerprint density at radius 2 is 1.85 bits per heavy atom. The summed E-state index contributed by atoms with van der Waals surface area (Å²) in [4.78, 5) is 17.0. The monoisotopic (exact) mass is 282 g/mol. The van der Waals surface area contributed by atoms with Crippen LogP contribution in [0.15, 0.2) is 0 Å². The first-order chi connectivity index (χ1) is 9.59. The Labute approximate surface area is 123 Å². The van der Waals surface area contributed by atoms with Gasteiger partial charge < -0.3 is 10.6 Å². The maximum atomic E-state index is 12.3. The molecule has 0 aromatic carbocycles. The number of rotatable bonds is 5. The second-order valence-corrected chi connectivity index (χ2v) is 6.28. The van der Waals surface area contributed by atoms with Crippen molar-refractivity contribution in [3.63, 3.8) is 0 Å². The molecule has 116 valence electrons. The molecule has 2 saturated heterocycles. The second kappa shape index (κ2) is 7.38. The fourth-order valence-electron chi connectivity index (χ4n) is 3.53. The molecular formula is C15H30N4O. The number of hydrogen-bond donors (Lipinski definition) is 2. The van der Waals surface area contributed by atoms with Crippen molar-refractivity contribution in [2.75, 3.05) is 39.3 Å². The first-order valence-corrected chi connectivity index (χ1v) is 8.08. The van der Waals surface area contributed by atoms with Gasteiger partial charge in [-0.2, -0.15) is 0 Å². The van der Waals surface area contributed by atoms with Crippen molar-refractivity contribution in [2.45, 2.75) is 51.7 Å². The minimum atomic E-state index is -0.00878. The number of piperazine rings is 1. The quantitative estimate of drug-likeness (QED) is 0.760. The Morgan fingerprint density at radius 3 is 2.45 bits per heavy atom. The Bertz CT molecular complexity index is 307. The number of likely N-dealkylation sites (tertiary alicyclic amines) is 1. The molecule has 2 heterocycles. The summed E-state index contributed by atoms with van der Waals surface area (Å²) in [5.41, 5.74) is 0. The minimum absolute atomic E-state index is 0.00878. The van der Waals surface area contributed by atoms with E-state index in [1.807, 2.05) is 6.92 Å². The molecule has 2 fully saturated rings. The smallest absolute Gasteiger partial charge is 0.237 e. The SMILES string of the molecule is CC1CCC(C)N1C(C)C(=O)NCCN1CCNCC1. The van der Waals surface area contributed by atoms with Crippen LogP contribution < -0.4 is 10.6 Å². The van der Waals surface area contributed by atoms with E-state index in [4.69, 9.17) is 0 Å². The van der Waals surface area contributed by atoms with Gasteiger partial charge in [-0.1, -0.05) is 0 Å². The van der Waals surface area contributed by atoms with Gasteiger partial charge in [0.15, 0.2) is 0 Å². The van der Waals surface area contributed by atoms with E-state index in [1.165, 1.54) is 12.8 Å². The van der Waals surface area contributed by atoms with Crippen LogP contribution in [-0.2, 0) is 4.79 Å². The lowest BCUT2D eigenvalue weighted by molar-refractivity contribution is -0.126. The van der Waals surface area contributed by atoms with Crippen molar-refractivity contribution >= 4 is 5.91 Å². The van der Waals surface area contributed by atoms with E-state index in [0.717, 1.165) is 39.3 Å². The average molecular weight is 282 g/mol. The van der Waals surface area contributed by atoms with Crippen LogP contribution in [0.5, 0.6) is 0 Å². The maximum Gasteiger partial charge on any atom is 0.237 e. The predicted octanol–water partition coefficient (Wildman–Crippen LogP) is 0.269. The van der Waals surface area contributed by atoms with Crippen molar-refractivity contribution in [1.82, 2.24) is 20.4 Å². The van der Waals surface area contributed by atoms with Crippen molar-refractivity contribution < 1.29 is 4.79 Å². The van der Waals surface area contributed by atoms with Crippen molar-refractivity contribution in [3.05, 3.63) is 0 Å².